The van der Waals surface area contributed by atoms with E-state index < -0.39 is 40.8 Å². The van der Waals surface area contributed by atoms with Crippen molar-refractivity contribution in [2.75, 3.05) is 0 Å². The van der Waals surface area contributed by atoms with Crippen LogP contribution in [0.2, 0.25) is 0 Å². The maximum absolute atomic E-state index is 11.1. The van der Waals surface area contributed by atoms with Gasteiger partial charge >= 0.3 is 10.3 Å². The molecular formula is C18H37NO6S. The van der Waals surface area contributed by atoms with E-state index >= 15 is 0 Å². The second-order valence-corrected chi connectivity index (χ2v) is 8.64. The van der Waals surface area contributed by atoms with Crippen LogP contribution in [0.3, 0.4) is 0 Å². The summed E-state index contributed by atoms with van der Waals surface area (Å²) in [6, 6.07) is -1.05. The third-order valence-corrected chi connectivity index (χ3v) is 5.69. The Bertz CT molecular complexity index is 472. The van der Waals surface area contributed by atoms with Gasteiger partial charge in [0.1, 0.15) is 12.2 Å². The van der Waals surface area contributed by atoms with Crippen LogP contribution in [0.4, 0.5) is 0 Å². The number of aliphatic hydroxyl groups excluding tert-OH is 2. The normalized spacial score (nSPS) is 29.8. The molecule has 0 aromatic heterocycles. The van der Waals surface area contributed by atoms with E-state index in [4.69, 9.17) is 9.29 Å². The minimum Gasteiger partial charge on any atom is -0.389 e. The Morgan fingerprint density at radius 1 is 0.885 bits per heavy atom. The maximum Gasteiger partial charge on any atom is 0.333 e. The SMILES string of the molecule is CCCCCCCCCCCC[C@@H]1OC(C)[C@@H](O)[C@@H](O)C1NS(=O)(=O)O. The zero-order valence-corrected chi connectivity index (χ0v) is 17.0. The van der Waals surface area contributed by atoms with E-state index in [1.165, 1.54) is 44.9 Å². The van der Waals surface area contributed by atoms with E-state index in [2.05, 4.69) is 6.92 Å². The average molecular weight is 396 g/mol. The van der Waals surface area contributed by atoms with Crippen molar-refractivity contribution in [3.05, 3.63) is 0 Å². The summed E-state index contributed by atoms with van der Waals surface area (Å²) in [5.41, 5.74) is 0. The van der Waals surface area contributed by atoms with E-state index in [1.54, 1.807) is 6.92 Å². The molecule has 0 aromatic rings. The largest absolute Gasteiger partial charge is 0.389 e. The molecule has 0 bridgehead atoms. The van der Waals surface area contributed by atoms with Gasteiger partial charge in [-0.25, -0.2) is 0 Å². The van der Waals surface area contributed by atoms with Crippen LogP contribution in [0, 0.1) is 0 Å². The molecule has 1 saturated heterocycles. The third kappa shape index (κ3) is 9.10. The molecule has 1 fully saturated rings. The summed E-state index contributed by atoms with van der Waals surface area (Å²) in [7, 11) is -4.48. The van der Waals surface area contributed by atoms with E-state index in [0.29, 0.717) is 6.42 Å². The minimum atomic E-state index is -4.48. The number of hydrogen-bond donors (Lipinski definition) is 4. The van der Waals surface area contributed by atoms with Gasteiger partial charge in [-0.2, -0.15) is 13.1 Å². The molecular weight excluding hydrogens is 358 g/mol. The maximum atomic E-state index is 11.1. The van der Waals surface area contributed by atoms with Crippen molar-refractivity contribution in [2.45, 2.75) is 115 Å². The van der Waals surface area contributed by atoms with Gasteiger partial charge in [0.25, 0.3) is 0 Å². The van der Waals surface area contributed by atoms with E-state index in [0.717, 1.165) is 19.3 Å². The second-order valence-electron chi connectivity index (χ2n) is 7.45. The van der Waals surface area contributed by atoms with Crippen LogP contribution in [-0.2, 0) is 15.0 Å². The van der Waals surface area contributed by atoms with Gasteiger partial charge in [0.15, 0.2) is 0 Å². The van der Waals surface area contributed by atoms with Gasteiger partial charge in [0.05, 0.1) is 18.2 Å². The fraction of sp³-hybridized carbons (Fsp3) is 1.00. The molecule has 1 aliphatic heterocycles. The predicted molar refractivity (Wildman–Crippen MR) is 101 cm³/mol. The fourth-order valence-electron chi connectivity index (χ4n) is 3.55. The first kappa shape index (κ1) is 23.8. The zero-order valence-electron chi connectivity index (χ0n) is 16.1. The first-order chi connectivity index (χ1) is 12.3. The standard InChI is InChI=1S/C18H37NO6S/c1-3-4-5-6-7-8-9-10-11-12-13-15-16(19-26(22,23)24)18(21)17(20)14(2)25-15/h14-21H,3-13H2,1-2H3,(H,22,23,24)/t14?,15-,16?,17+,18-/m0/s1. The highest BCUT2D eigenvalue weighted by atomic mass is 32.2. The highest BCUT2D eigenvalue weighted by molar-refractivity contribution is 7.83. The first-order valence-corrected chi connectivity index (χ1v) is 11.5. The smallest absolute Gasteiger partial charge is 0.333 e. The Morgan fingerprint density at radius 3 is 1.88 bits per heavy atom. The molecule has 0 radical (unpaired) electrons. The van der Waals surface area contributed by atoms with E-state index in [-0.39, 0.29) is 0 Å². The van der Waals surface area contributed by atoms with Crippen LogP contribution in [0.5, 0.6) is 0 Å². The third-order valence-electron chi connectivity index (χ3n) is 5.12. The van der Waals surface area contributed by atoms with Crippen LogP contribution in [0.15, 0.2) is 0 Å². The van der Waals surface area contributed by atoms with E-state index in [1.807, 2.05) is 4.72 Å². The lowest BCUT2D eigenvalue weighted by Gasteiger charge is -2.41. The molecule has 5 atom stereocenters. The zero-order chi connectivity index (χ0) is 19.6. The highest BCUT2D eigenvalue weighted by Gasteiger charge is 2.43. The Morgan fingerprint density at radius 2 is 1.38 bits per heavy atom. The second kappa shape index (κ2) is 12.3. The predicted octanol–water partition coefficient (Wildman–Crippen LogP) is 2.57. The molecule has 8 heteroatoms. The van der Waals surface area contributed by atoms with Gasteiger partial charge in [0.2, 0.25) is 0 Å². The molecule has 0 spiro atoms. The average Bonchev–Trinajstić information content (AvgIpc) is 2.57. The molecule has 0 aliphatic carbocycles. The summed E-state index contributed by atoms with van der Waals surface area (Å²) in [6.45, 7) is 3.86. The number of aliphatic hydroxyl groups is 2. The molecule has 0 saturated carbocycles. The molecule has 156 valence electrons. The van der Waals surface area contributed by atoms with Crippen molar-refractivity contribution in [2.24, 2.45) is 0 Å². The number of rotatable bonds is 13. The number of nitrogens with one attached hydrogen (secondary N) is 1. The van der Waals surface area contributed by atoms with Gasteiger partial charge in [-0.15, -0.1) is 0 Å². The van der Waals surface area contributed by atoms with Crippen LogP contribution in [-0.4, -0.2) is 53.6 Å². The molecule has 1 heterocycles. The summed E-state index contributed by atoms with van der Waals surface area (Å²) < 4.78 is 38.9. The van der Waals surface area contributed by atoms with Crippen molar-refractivity contribution >= 4 is 10.3 Å². The van der Waals surface area contributed by atoms with Crippen LogP contribution in [0.1, 0.15) is 84.5 Å². The lowest BCUT2D eigenvalue weighted by molar-refractivity contribution is -0.176. The lowest BCUT2D eigenvalue weighted by Crippen LogP contribution is -2.62. The first-order valence-electron chi connectivity index (χ1n) is 10.0. The van der Waals surface area contributed by atoms with Gasteiger partial charge in [-0.05, 0) is 13.3 Å². The minimum absolute atomic E-state index is 0.567. The molecule has 26 heavy (non-hydrogen) atoms. The van der Waals surface area contributed by atoms with Crippen LogP contribution >= 0.6 is 0 Å². The Kier molecular flexibility index (Phi) is 11.2. The van der Waals surface area contributed by atoms with Crippen molar-refractivity contribution < 1.29 is 27.9 Å². The van der Waals surface area contributed by atoms with Crippen LogP contribution < -0.4 is 4.72 Å². The molecule has 4 N–H and O–H groups in total. The Labute approximate surface area is 158 Å². The molecule has 1 aliphatic rings. The monoisotopic (exact) mass is 395 g/mol. The van der Waals surface area contributed by atoms with Crippen molar-refractivity contribution in [3.63, 3.8) is 0 Å². The van der Waals surface area contributed by atoms with Crippen molar-refractivity contribution in [3.8, 4) is 0 Å². The summed E-state index contributed by atoms with van der Waals surface area (Å²) in [6.07, 6.45) is 8.84. The van der Waals surface area contributed by atoms with Gasteiger partial charge in [-0.3, -0.25) is 4.55 Å². The molecule has 1 rings (SSSR count). The quantitative estimate of drug-likeness (QED) is 0.281. The molecule has 0 amide bonds. The van der Waals surface area contributed by atoms with Gasteiger partial charge in [-0.1, -0.05) is 71.1 Å². The molecule has 0 aromatic carbocycles. The summed E-state index contributed by atoms with van der Waals surface area (Å²) in [5.74, 6) is 0. The number of unbranched alkanes of at least 4 members (excludes halogenated alkanes) is 9. The van der Waals surface area contributed by atoms with E-state index in [9.17, 15) is 18.6 Å². The molecule has 2 unspecified atom stereocenters. The summed E-state index contributed by atoms with van der Waals surface area (Å²) in [4.78, 5) is 0. The summed E-state index contributed by atoms with van der Waals surface area (Å²) in [5, 5.41) is 20.0. The lowest BCUT2D eigenvalue weighted by atomic mass is 9.91. The van der Waals surface area contributed by atoms with Crippen LogP contribution in [0.25, 0.3) is 0 Å². The number of ether oxygens (including phenoxy) is 1. The fourth-order valence-corrected chi connectivity index (χ4v) is 4.18. The summed E-state index contributed by atoms with van der Waals surface area (Å²) >= 11 is 0. The molecule has 7 nitrogen and oxygen atoms in total. The number of hydrogen-bond acceptors (Lipinski definition) is 5. The van der Waals surface area contributed by atoms with Gasteiger partial charge in [0, 0.05) is 0 Å². The topological polar surface area (TPSA) is 116 Å². The van der Waals surface area contributed by atoms with Gasteiger partial charge < -0.3 is 14.9 Å². The van der Waals surface area contributed by atoms with Crippen molar-refractivity contribution in [1.29, 1.82) is 0 Å². The Hall–Kier alpha value is -0.250. The van der Waals surface area contributed by atoms with Crippen molar-refractivity contribution in [1.82, 2.24) is 4.72 Å². The highest BCUT2D eigenvalue weighted by Crippen LogP contribution is 2.25. The Balaban J connectivity index is 2.29.